The second-order valence-electron chi connectivity index (χ2n) is 3.89. The summed E-state index contributed by atoms with van der Waals surface area (Å²) in [7, 11) is 0. The Morgan fingerprint density at radius 1 is 1.44 bits per heavy atom. The van der Waals surface area contributed by atoms with E-state index < -0.39 is 5.97 Å². The number of carboxylic acids is 1. The largest absolute Gasteiger partial charge is 0.478 e. The maximum absolute atomic E-state index is 11.0. The van der Waals surface area contributed by atoms with Gasteiger partial charge in [0.2, 0.25) is 0 Å². The van der Waals surface area contributed by atoms with Crippen LogP contribution in [0.15, 0.2) is 22.7 Å². The summed E-state index contributed by atoms with van der Waals surface area (Å²) < 4.78 is 6.25. The van der Waals surface area contributed by atoms with E-state index >= 15 is 0 Å². The topological polar surface area (TPSA) is 58.6 Å². The molecule has 0 aliphatic rings. The number of rotatable bonds is 8. The van der Waals surface area contributed by atoms with Gasteiger partial charge in [-0.05, 0) is 24.6 Å². The highest BCUT2D eigenvalue weighted by Gasteiger charge is 2.09. The highest BCUT2D eigenvalue weighted by atomic mass is 79.9. The molecule has 0 saturated heterocycles. The normalized spacial score (nSPS) is 10.3. The molecule has 100 valence electrons. The smallest absolute Gasteiger partial charge is 0.337 e. The number of unbranched alkanes of at least 4 members (excludes halogenated alkanes) is 1. The fraction of sp³-hybridized carbons (Fsp3) is 0.462. The van der Waals surface area contributed by atoms with Gasteiger partial charge in [-0.15, -0.1) is 0 Å². The zero-order chi connectivity index (χ0) is 13.4. The first-order chi connectivity index (χ1) is 8.65. The van der Waals surface area contributed by atoms with Crippen LogP contribution >= 0.6 is 15.9 Å². The average Bonchev–Trinajstić information content (AvgIpc) is 2.33. The van der Waals surface area contributed by atoms with E-state index in [0.29, 0.717) is 18.8 Å². The third kappa shape index (κ3) is 5.06. The fourth-order valence-corrected chi connectivity index (χ4v) is 1.82. The summed E-state index contributed by atoms with van der Waals surface area (Å²) in [6.45, 7) is 4.04. The van der Waals surface area contributed by atoms with Crippen LogP contribution in [0.2, 0.25) is 0 Å². The zero-order valence-corrected chi connectivity index (χ0v) is 12.0. The molecule has 1 aromatic carbocycles. The van der Waals surface area contributed by atoms with Crippen LogP contribution in [0.4, 0.5) is 5.69 Å². The van der Waals surface area contributed by atoms with Gasteiger partial charge in [0.25, 0.3) is 0 Å². The number of nitrogens with one attached hydrogen (secondary N) is 1. The first-order valence-corrected chi connectivity index (χ1v) is 6.79. The lowest BCUT2D eigenvalue weighted by Gasteiger charge is -2.10. The van der Waals surface area contributed by atoms with E-state index in [1.807, 2.05) is 0 Å². The maximum atomic E-state index is 11.0. The highest BCUT2D eigenvalue weighted by Crippen LogP contribution is 2.21. The average molecular weight is 316 g/mol. The molecule has 0 aliphatic heterocycles. The van der Waals surface area contributed by atoms with Crippen molar-refractivity contribution in [3.8, 4) is 0 Å². The van der Waals surface area contributed by atoms with Gasteiger partial charge in [0, 0.05) is 23.3 Å². The molecule has 0 aromatic heterocycles. The summed E-state index contributed by atoms with van der Waals surface area (Å²) in [4.78, 5) is 11.0. The summed E-state index contributed by atoms with van der Waals surface area (Å²) >= 11 is 3.32. The number of aromatic carboxylic acids is 1. The van der Waals surface area contributed by atoms with E-state index in [0.717, 1.165) is 23.9 Å². The SMILES string of the molecule is CCCCOCCNc1cc(Br)ccc1C(=O)O. The summed E-state index contributed by atoms with van der Waals surface area (Å²) in [6, 6.07) is 5.05. The van der Waals surface area contributed by atoms with Crippen LogP contribution < -0.4 is 5.32 Å². The van der Waals surface area contributed by atoms with Gasteiger partial charge in [0.1, 0.15) is 0 Å². The molecule has 0 saturated carbocycles. The second-order valence-corrected chi connectivity index (χ2v) is 4.80. The van der Waals surface area contributed by atoms with Crippen LogP contribution in [0.25, 0.3) is 0 Å². The number of hydrogen-bond acceptors (Lipinski definition) is 3. The van der Waals surface area contributed by atoms with Crippen molar-refractivity contribution in [1.82, 2.24) is 0 Å². The Morgan fingerprint density at radius 3 is 2.89 bits per heavy atom. The van der Waals surface area contributed by atoms with Crippen molar-refractivity contribution >= 4 is 27.6 Å². The number of ether oxygens (including phenoxy) is 1. The van der Waals surface area contributed by atoms with Crippen molar-refractivity contribution < 1.29 is 14.6 Å². The summed E-state index contributed by atoms with van der Waals surface area (Å²) in [6.07, 6.45) is 2.17. The fourth-order valence-electron chi connectivity index (χ4n) is 1.46. The summed E-state index contributed by atoms with van der Waals surface area (Å²) in [5.41, 5.74) is 0.878. The molecule has 0 bridgehead atoms. The van der Waals surface area contributed by atoms with E-state index in [1.165, 1.54) is 0 Å². The van der Waals surface area contributed by atoms with Crippen LogP contribution in [0.5, 0.6) is 0 Å². The predicted molar refractivity (Wildman–Crippen MR) is 75.3 cm³/mol. The van der Waals surface area contributed by atoms with Gasteiger partial charge in [0.15, 0.2) is 0 Å². The van der Waals surface area contributed by atoms with E-state index in [9.17, 15) is 4.79 Å². The van der Waals surface area contributed by atoms with Crippen molar-refractivity contribution in [3.05, 3.63) is 28.2 Å². The highest BCUT2D eigenvalue weighted by molar-refractivity contribution is 9.10. The Hall–Kier alpha value is -1.07. The molecule has 1 rings (SSSR count). The third-order valence-corrected chi connectivity index (χ3v) is 2.91. The minimum absolute atomic E-state index is 0.270. The lowest BCUT2D eigenvalue weighted by molar-refractivity contribution is 0.0697. The first-order valence-electron chi connectivity index (χ1n) is 5.99. The van der Waals surface area contributed by atoms with Crippen LogP contribution in [-0.2, 0) is 4.74 Å². The van der Waals surface area contributed by atoms with Crippen LogP contribution in [0.1, 0.15) is 30.1 Å². The molecule has 4 nitrogen and oxygen atoms in total. The maximum Gasteiger partial charge on any atom is 0.337 e. The van der Waals surface area contributed by atoms with Crippen molar-refractivity contribution in [2.75, 3.05) is 25.1 Å². The lowest BCUT2D eigenvalue weighted by atomic mass is 10.2. The quantitative estimate of drug-likeness (QED) is 0.722. The first kappa shape index (κ1) is 15.0. The molecule has 1 aromatic rings. The van der Waals surface area contributed by atoms with Crippen LogP contribution in [0.3, 0.4) is 0 Å². The minimum Gasteiger partial charge on any atom is -0.478 e. The Morgan fingerprint density at radius 2 is 2.22 bits per heavy atom. The molecular formula is C13H18BrNO3. The summed E-state index contributed by atoms with van der Waals surface area (Å²) in [5, 5.41) is 12.1. The number of anilines is 1. The van der Waals surface area contributed by atoms with Gasteiger partial charge >= 0.3 is 5.97 Å². The molecule has 0 fully saturated rings. The molecule has 0 atom stereocenters. The van der Waals surface area contributed by atoms with Gasteiger partial charge < -0.3 is 15.2 Å². The zero-order valence-electron chi connectivity index (χ0n) is 10.4. The molecule has 2 N–H and O–H groups in total. The van der Waals surface area contributed by atoms with Gasteiger partial charge in [0.05, 0.1) is 12.2 Å². The Labute approximate surface area is 115 Å². The Balaban J connectivity index is 2.45. The molecule has 0 spiro atoms. The monoisotopic (exact) mass is 315 g/mol. The van der Waals surface area contributed by atoms with Gasteiger partial charge in [-0.3, -0.25) is 0 Å². The molecule has 0 amide bonds. The van der Waals surface area contributed by atoms with Gasteiger partial charge in [-0.2, -0.15) is 0 Å². The summed E-state index contributed by atoms with van der Waals surface area (Å²) in [5.74, 6) is -0.933. The third-order valence-electron chi connectivity index (χ3n) is 2.42. The van der Waals surface area contributed by atoms with Crippen molar-refractivity contribution in [3.63, 3.8) is 0 Å². The molecule has 0 heterocycles. The van der Waals surface area contributed by atoms with Crippen molar-refractivity contribution in [2.24, 2.45) is 0 Å². The number of benzene rings is 1. The second kappa shape index (κ2) is 8.11. The molecule has 0 radical (unpaired) electrons. The van der Waals surface area contributed by atoms with Crippen LogP contribution in [-0.4, -0.2) is 30.8 Å². The number of hydrogen-bond donors (Lipinski definition) is 2. The van der Waals surface area contributed by atoms with E-state index in [-0.39, 0.29) is 5.56 Å². The predicted octanol–water partition coefficient (Wildman–Crippen LogP) is 3.38. The van der Waals surface area contributed by atoms with Crippen molar-refractivity contribution in [1.29, 1.82) is 0 Å². The van der Waals surface area contributed by atoms with E-state index in [1.54, 1.807) is 18.2 Å². The van der Waals surface area contributed by atoms with Crippen molar-refractivity contribution in [2.45, 2.75) is 19.8 Å². The molecule has 0 aliphatic carbocycles. The molecule has 0 unspecified atom stereocenters. The van der Waals surface area contributed by atoms with Crippen LogP contribution in [0, 0.1) is 0 Å². The van der Waals surface area contributed by atoms with E-state index in [4.69, 9.17) is 9.84 Å². The standard InChI is InChI=1S/C13H18BrNO3/c1-2-3-7-18-8-6-15-12-9-10(14)4-5-11(12)13(16)17/h4-5,9,15H,2-3,6-8H2,1H3,(H,16,17). The number of halogens is 1. The van der Waals surface area contributed by atoms with E-state index in [2.05, 4.69) is 28.2 Å². The van der Waals surface area contributed by atoms with Gasteiger partial charge in [-0.1, -0.05) is 29.3 Å². The molecular weight excluding hydrogens is 298 g/mol. The molecule has 18 heavy (non-hydrogen) atoms. The molecule has 5 heteroatoms. The lowest BCUT2D eigenvalue weighted by Crippen LogP contribution is -2.12. The number of carboxylic acid groups (broad SMARTS) is 1. The van der Waals surface area contributed by atoms with Gasteiger partial charge in [-0.25, -0.2) is 4.79 Å². The number of carbonyl (C=O) groups is 1. The Kier molecular flexibility index (Phi) is 6.75. The Bertz CT molecular complexity index is 396. The minimum atomic E-state index is -0.933.